The van der Waals surface area contributed by atoms with Crippen molar-refractivity contribution in [1.29, 1.82) is 0 Å². The first kappa shape index (κ1) is 24.1. The van der Waals surface area contributed by atoms with Crippen molar-refractivity contribution in [2.75, 3.05) is 19.6 Å². The number of hydrogen-bond donors (Lipinski definition) is 0. The Morgan fingerprint density at radius 1 is 1.11 bits per heavy atom. The maximum absolute atomic E-state index is 13.2. The molecule has 1 atom stereocenters. The summed E-state index contributed by atoms with van der Waals surface area (Å²) in [4.78, 5) is 20.4. The number of fused-ring (bicyclic) bond motifs is 1. The average molecular weight is 498 g/mol. The Morgan fingerprint density at radius 3 is 2.63 bits per heavy atom. The van der Waals surface area contributed by atoms with Crippen molar-refractivity contribution in [2.45, 2.75) is 69.4 Å². The molecule has 2 saturated heterocycles. The fourth-order valence-corrected chi connectivity index (χ4v) is 7.15. The number of aromatic nitrogens is 3. The molecule has 0 spiro atoms. The van der Waals surface area contributed by atoms with E-state index in [1.807, 2.05) is 30.3 Å². The molecule has 5 rings (SSSR count). The Kier molecular flexibility index (Phi) is 6.72. The molecule has 0 aliphatic carbocycles. The Labute approximate surface area is 207 Å². The first-order chi connectivity index (χ1) is 16.9. The number of carbonyl (C=O) groups is 1. The molecular formula is C26H35N5O3S. The van der Waals surface area contributed by atoms with Gasteiger partial charge < -0.3 is 14.0 Å². The van der Waals surface area contributed by atoms with Crippen LogP contribution < -0.4 is 0 Å². The molecule has 188 valence electrons. The van der Waals surface area contributed by atoms with Gasteiger partial charge in [-0.15, -0.1) is 0 Å². The third kappa shape index (κ3) is 4.51. The predicted octanol–water partition coefficient (Wildman–Crippen LogP) is 3.87. The first-order valence-electron chi connectivity index (χ1n) is 12.8. The molecule has 0 bridgehead atoms. The summed E-state index contributed by atoms with van der Waals surface area (Å²) in [6.45, 7) is 4.85. The van der Waals surface area contributed by atoms with Gasteiger partial charge in [-0.3, -0.25) is 4.79 Å². The number of amides is 1. The SMILES string of the molecule is CCCn1c(CCC(=O)N2CCCC2c2cccn2C)nc2cc(S(=O)(=O)N3CCCC3)ccc21. The standard InChI is InChI=1S/C26H35N5O3S/c1-3-14-30-22-11-10-20(35(33,34)29-16-4-5-17-29)19-21(22)27-25(30)12-13-26(32)31-18-7-9-24(31)23-8-6-15-28(23)2/h6,8,10-11,15,19,24H,3-5,7,9,12-14,16-18H2,1-2H3. The largest absolute Gasteiger partial charge is 0.353 e. The van der Waals surface area contributed by atoms with E-state index in [4.69, 9.17) is 4.98 Å². The summed E-state index contributed by atoms with van der Waals surface area (Å²) in [6, 6.07) is 9.54. The van der Waals surface area contributed by atoms with Crippen LogP contribution in [0.25, 0.3) is 11.0 Å². The minimum Gasteiger partial charge on any atom is -0.353 e. The van der Waals surface area contributed by atoms with E-state index < -0.39 is 10.0 Å². The molecular weight excluding hydrogens is 462 g/mol. The molecule has 0 saturated carbocycles. The Balaban J connectivity index is 1.37. The number of imidazole rings is 1. The zero-order chi connectivity index (χ0) is 24.6. The zero-order valence-corrected chi connectivity index (χ0v) is 21.5. The van der Waals surface area contributed by atoms with Gasteiger partial charge in [0.15, 0.2) is 0 Å². The number of rotatable bonds is 8. The number of hydrogen-bond acceptors (Lipinski definition) is 4. The number of aryl methyl sites for hydroxylation is 3. The lowest BCUT2D eigenvalue weighted by atomic mass is 10.1. The monoisotopic (exact) mass is 497 g/mol. The number of sulfonamides is 1. The van der Waals surface area contributed by atoms with Crippen LogP contribution in [0.5, 0.6) is 0 Å². The van der Waals surface area contributed by atoms with Crippen molar-refractivity contribution < 1.29 is 13.2 Å². The molecule has 3 aromatic rings. The molecule has 1 unspecified atom stereocenters. The molecule has 35 heavy (non-hydrogen) atoms. The summed E-state index contributed by atoms with van der Waals surface area (Å²) in [7, 11) is -1.46. The quantitative estimate of drug-likeness (QED) is 0.473. The Morgan fingerprint density at radius 2 is 1.91 bits per heavy atom. The van der Waals surface area contributed by atoms with Crippen molar-refractivity contribution in [1.82, 2.24) is 23.3 Å². The van der Waals surface area contributed by atoms with Crippen LogP contribution >= 0.6 is 0 Å². The maximum atomic E-state index is 13.2. The second-order valence-electron chi connectivity index (χ2n) is 9.73. The summed E-state index contributed by atoms with van der Waals surface area (Å²) in [5.74, 6) is 1.00. The summed E-state index contributed by atoms with van der Waals surface area (Å²) < 4.78 is 31.9. The predicted molar refractivity (Wildman–Crippen MR) is 135 cm³/mol. The highest BCUT2D eigenvalue weighted by Crippen LogP contribution is 2.33. The van der Waals surface area contributed by atoms with Crippen molar-refractivity contribution in [3.63, 3.8) is 0 Å². The van der Waals surface area contributed by atoms with E-state index in [2.05, 4.69) is 22.1 Å². The summed E-state index contributed by atoms with van der Waals surface area (Å²) in [5.41, 5.74) is 2.79. The van der Waals surface area contributed by atoms with Crippen molar-refractivity contribution >= 4 is 27.0 Å². The van der Waals surface area contributed by atoms with E-state index in [9.17, 15) is 13.2 Å². The highest BCUT2D eigenvalue weighted by atomic mass is 32.2. The second kappa shape index (κ2) is 9.78. The van der Waals surface area contributed by atoms with Gasteiger partial charge in [-0.05, 0) is 62.4 Å². The highest BCUT2D eigenvalue weighted by Gasteiger charge is 2.31. The summed E-state index contributed by atoms with van der Waals surface area (Å²) in [6.07, 6.45) is 7.73. The van der Waals surface area contributed by atoms with Gasteiger partial charge in [0.05, 0.1) is 22.0 Å². The molecule has 1 amide bonds. The summed E-state index contributed by atoms with van der Waals surface area (Å²) >= 11 is 0. The maximum Gasteiger partial charge on any atom is 0.243 e. The molecule has 2 aromatic heterocycles. The van der Waals surface area contributed by atoms with Crippen molar-refractivity contribution in [3.8, 4) is 0 Å². The lowest BCUT2D eigenvalue weighted by molar-refractivity contribution is -0.132. The highest BCUT2D eigenvalue weighted by molar-refractivity contribution is 7.89. The molecule has 2 aliphatic rings. The molecule has 2 fully saturated rings. The third-order valence-electron chi connectivity index (χ3n) is 7.41. The molecule has 9 heteroatoms. The third-order valence-corrected chi connectivity index (χ3v) is 9.30. The van der Waals surface area contributed by atoms with Crippen LogP contribution in [-0.4, -0.2) is 57.3 Å². The smallest absolute Gasteiger partial charge is 0.243 e. The molecule has 1 aromatic carbocycles. The molecule has 2 aliphatic heterocycles. The fourth-order valence-electron chi connectivity index (χ4n) is 5.62. The number of carbonyl (C=O) groups excluding carboxylic acids is 1. The van der Waals surface area contributed by atoms with Gasteiger partial charge in [0, 0.05) is 58.0 Å². The lowest BCUT2D eigenvalue weighted by Gasteiger charge is -2.25. The lowest BCUT2D eigenvalue weighted by Crippen LogP contribution is -2.31. The van der Waals surface area contributed by atoms with Gasteiger partial charge in [0.1, 0.15) is 5.82 Å². The first-order valence-corrected chi connectivity index (χ1v) is 14.2. The van der Waals surface area contributed by atoms with Gasteiger partial charge in [-0.1, -0.05) is 6.92 Å². The van der Waals surface area contributed by atoms with Crippen molar-refractivity contribution in [3.05, 3.63) is 48.0 Å². The van der Waals surface area contributed by atoms with Gasteiger partial charge in [-0.25, -0.2) is 13.4 Å². The number of nitrogens with zero attached hydrogens (tertiary/aromatic N) is 5. The van der Waals surface area contributed by atoms with E-state index >= 15 is 0 Å². The van der Waals surface area contributed by atoms with Crippen LogP contribution in [-0.2, 0) is 34.8 Å². The van der Waals surface area contributed by atoms with E-state index in [1.54, 1.807) is 16.4 Å². The van der Waals surface area contributed by atoms with Crippen LogP contribution in [0.3, 0.4) is 0 Å². The molecule has 8 nitrogen and oxygen atoms in total. The normalized spacial score (nSPS) is 19.3. The van der Waals surface area contributed by atoms with Crippen LogP contribution in [0, 0.1) is 0 Å². The van der Waals surface area contributed by atoms with Crippen LogP contribution in [0.15, 0.2) is 41.4 Å². The minimum absolute atomic E-state index is 0.135. The van der Waals surface area contributed by atoms with Gasteiger partial charge in [0.25, 0.3) is 0 Å². The molecule has 0 radical (unpaired) electrons. The Hall–Kier alpha value is -2.65. The zero-order valence-electron chi connectivity index (χ0n) is 20.7. The van der Waals surface area contributed by atoms with Gasteiger partial charge in [-0.2, -0.15) is 4.31 Å². The van der Waals surface area contributed by atoms with E-state index in [0.717, 1.165) is 56.5 Å². The second-order valence-corrected chi connectivity index (χ2v) is 11.7. The summed E-state index contributed by atoms with van der Waals surface area (Å²) in [5, 5.41) is 0. The van der Waals surface area contributed by atoms with Crippen LogP contribution in [0.1, 0.15) is 63.0 Å². The van der Waals surface area contributed by atoms with Gasteiger partial charge in [0.2, 0.25) is 15.9 Å². The Bertz CT molecular complexity index is 1320. The topological polar surface area (TPSA) is 80.4 Å². The van der Waals surface area contributed by atoms with Crippen LogP contribution in [0.2, 0.25) is 0 Å². The number of likely N-dealkylation sites (tertiary alicyclic amines) is 1. The molecule has 0 N–H and O–H groups in total. The molecule has 4 heterocycles. The van der Waals surface area contributed by atoms with E-state index in [-0.39, 0.29) is 11.9 Å². The van der Waals surface area contributed by atoms with E-state index in [1.165, 1.54) is 5.69 Å². The fraction of sp³-hybridized carbons (Fsp3) is 0.538. The number of benzene rings is 1. The minimum atomic E-state index is -3.49. The van der Waals surface area contributed by atoms with Crippen molar-refractivity contribution in [2.24, 2.45) is 7.05 Å². The average Bonchev–Trinajstić information content (AvgIpc) is 3.64. The van der Waals surface area contributed by atoms with Crippen LogP contribution in [0.4, 0.5) is 0 Å². The van der Waals surface area contributed by atoms with E-state index in [0.29, 0.717) is 36.3 Å². The van der Waals surface area contributed by atoms with Gasteiger partial charge >= 0.3 is 0 Å².